The van der Waals surface area contributed by atoms with Crippen molar-refractivity contribution in [2.24, 2.45) is 0 Å². The minimum absolute atomic E-state index is 0.203. The molecule has 0 spiro atoms. The van der Waals surface area contributed by atoms with E-state index in [4.69, 9.17) is 9.84 Å². The molecule has 2 aromatic rings. The van der Waals surface area contributed by atoms with Crippen molar-refractivity contribution in [3.05, 3.63) is 36.0 Å². The Labute approximate surface area is 137 Å². The van der Waals surface area contributed by atoms with Crippen LogP contribution in [0.3, 0.4) is 0 Å². The van der Waals surface area contributed by atoms with E-state index in [2.05, 4.69) is 0 Å². The fourth-order valence-corrected chi connectivity index (χ4v) is 3.10. The molecule has 1 aliphatic heterocycles. The Morgan fingerprint density at radius 1 is 1.12 bits per heavy atom. The van der Waals surface area contributed by atoms with Crippen LogP contribution in [0.5, 0.6) is 0 Å². The molecule has 24 heavy (non-hydrogen) atoms. The Morgan fingerprint density at radius 2 is 1.83 bits per heavy atom. The average Bonchev–Trinajstić information content (AvgIpc) is 2.91. The lowest BCUT2D eigenvalue weighted by molar-refractivity contribution is -0.250. The summed E-state index contributed by atoms with van der Waals surface area (Å²) in [5.74, 6) is -0.994. The standard InChI is InChI=1S/C16H19NO7/c18-7-11-13(21)14(22)15(23)16(24-11)17-6-8(5-12(19)20)9-3-1-2-4-10(9)17/h1-4,6,11,13-16,18,21-23H,5,7H2,(H,19,20). The molecule has 0 radical (unpaired) electrons. The van der Waals surface area contributed by atoms with Gasteiger partial charge in [0.2, 0.25) is 0 Å². The lowest BCUT2D eigenvalue weighted by Gasteiger charge is -2.40. The van der Waals surface area contributed by atoms with Crippen LogP contribution >= 0.6 is 0 Å². The summed E-state index contributed by atoms with van der Waals surface area (Å²) in [7, 11) is 0. The number of para-hydroxylation sites is 1. The van der Waals surface area contributed by atoms with E-state index in [9.17, 15) is 25.2 Å². The normalized spacial score (nSPS) is 30.6. The van der Waals surface area contributed by atoms with Gasteiger partial charge in [0.25, 0.3) is 0 Å². The largest absolute Gasteiger partial charge is 0.481 e. The van der Waals surface area contributed by atoms with Crippen molar-refractivity contribution in [3.63, 3.8) is 0 Å². The second kappa shape index (κ2) is 6.50. The summed E-state index contributed by atoms with van der Waals surface area (Å²) < 4.78 is 7.07. The first-order valence-electron chi connectivity index (χ1n) is 7.54. The number of fused-ring (bicyclic) bond motifs is 1. The molecule has 3 rings (SSSR count). The molecule has 0 saturated carbocycles. The number of carboxylic acids is 1. The third kappa shape index (κ3) is 2.79. The zero-order valence-electron chi connectivity index (χ0n) is 12.7. The molecule has 8 heteroatoms. The number of nitrogens with zero attached hydrogens (tertiary/aromatic N) is 1. The van der Waals surface area contributed by atoms with Crippen molar-refractivity contribution in [3.8, 4) is 0 Å². The van der Waals surface area contributed by atoms with Crippen LogP contribution in [0.1, 0.15) is 11.8 Å². The summed E-state index contributed by atoms with van der Waals surface area (Å²) in [4.78, 5) is 11.1. The smallest absolute Gasteiger partial charge is 0.307 e. The highest BCUT2D eigenvalue weighted by Crippen LogP contribution is 2.33. The molecule has 5 unspecified atom stereocenters. The van der Waals surface area contributed by atoms with E-state index < -0.39 is 43.2 Å². The number of carbonyl (C=O) groups is 1. The molecule has 8 nitrogen and oxygen atoms in total. The second-order valence-electron chi connectivity index (χ2n) is 5.87. The molecule has 0 bridgehead atoms. The van der Waals surface area contributed by atoms with Gasteiger partial charge in [0.05, 0.1) is 18.5 Å². The third-order valence-electron chi connectivity index (χ3n) is 4.31. The molecule has 1 saturated heterocycles. The molecule has 1 fully saturated rings. The van der Waals surface area contributed by atoms with Gasteiger partial charge < -0.3 is 34.8 Å². The molecule has 1 aromatic carbocycles. The molecular weight excluding hydrogens is 318 g/mol. The zero-order chi connectivity index (χ0) is 17.4. The van der Waals surface area contributed by atoms with Crippen LogP contribution < -0.4 is 0 Å². The fraction of sp³-hybridized carbons (Fsp3) is 0.438. The molecule has 1 aliphatic rings. The van der Waals surface area contributed by atoms with Gasteiger partial charge in [-0.05, 0) is 11.6 Å². The van der Waals surface area contributed by atoms with Crippen LogP contribution in [0.2, 0.25) is 0 Å². The summed E-state index contributed by atoms with van der Waals surface area (Å²) in [5, 5.41) is 49.2. The van der Waals surface area contributed by atoms with Gasteiger partial charge in [0.1, 0.15) is 24.4 Å². The van der Waals surface area contributed by atoms with Crippen LogP contribution in [0.25, 0.3) is 10.9 Å². The van der Waals surface area contributed by atoms with E-state index >= 15 is 0 Å². The van der Waals surface area contributed by atoms with Gasteiger partial charge in [0, 0.05) is 11.6 Å². The van der Waals surface area contributed by atoms with Crippen molar-refractivity contribution in [2.75, 3.05) is 6.61 Å². The van der Waals surface area contributed by atoms with Crippen molar-refractivity contribution in [1.82, 2.24) is 4.57 Å². The quantitative estimate of drug-likeness (QED) is 0.495. The van der Waals surface area contributed by atoms with Gasteiger partial charge in [-0.2, -0.15) is 0 Å². The first-order valence-corrected chi connectivity index (χ1v) is 7.54. The summed E-state index contributed by atoms with van der Waals surface area (Å²) in [6.45, 7) is -0.525. The molecule has 5 N–H and O–H groups in total. The predicted molar refractivity (Wildman–Crippen MR) is 82.3 cm³/mol. The number of hydrogen-bond donors (Lipinski definition) is 5. The van der Waals surface area contributed by atoms with Crippen molar-refractivity contribution >= 4 is 16.9 Å². The maximum atomic E-state index is 11.1. The summed E-state index contributed by atoms with van der Waals surface area (Å²) in [5.41, 5.74) is 1.16. The minimum Gasteiger partial charge on any atom is -0.481 e. The number of ether oxygens (including phenoxy) is 1. The van der Waals surface area contributed by atoms with Crippen molar-refractivity contribution in [2.45, 2.75) is 37.1 Å². The van der Waals surface area contributed by atoms with Crippen molar-refractivity contribution in [1.29, 1.82) is 0 Å². The third-order valence-corrected chi connectivity index (χ3v) is 4.31. The number of aliphatic carboxylic acids is 1. The molecule has 5 atom stereocenters. The van der Waals surface area contributed by atoms with Gasteiger partial charge in [-0.25, -0.2) is 0 Å². The van der Waals surface area contributed by atoms with Crippen LogP contribution in [-0.2, 0) is 16.0 Å². The Morgan fingerprint density at radius 3 is 2.50 bits per heavy atom. The summed E-state index contributed by atoms with van der Waals surface area (Å²) >= 11 is 0. The highest BCUT2D eigenvalue weighted by Gasteiger charge is 2.44. The maximum Gasteiger partial charge on any atom is 0.307 e. The molecule has 0 amide bonds. The monoisotopic (exact) mass is 337 g/mol. The predicted octanol–water partition coefficient (Wildman–Crippen LogP) is -0.759. The van der Waals surface area contributed by atoms with E-state index in [1.165, 1.54) is 4.57 Å². The van der Waals surface area contributed by atoms with Gasteiger partial charge >= 0.3 is 5.97 Å². The fourth-order valence-electron chi connectivity index (χ4n) is 3.10. The van der Waals surface area contributed by atoms with Gasteiger partial charge in [-0.15, -0.1) is 0 Å². The number of hydrogen-bond acceptors (Lipinski definition) is 6. The maximum absolute atomic E-state index is 11.1. The lowest BCUT2D eigenvalue weighted by Crippen LogP contribution is -2.56. The number of aliphatic hydroxyl groups is 4. The topological polar surface area (TPSA) is 132 Å². The molecular formula is C16H19NO7. The second-order valence-corrected chi connectivity index (χ2v) is 5.87. The average molecular weight is 337 g/mol. The van der Waals surface area contributed by atoms with Gasteiger partial charge in [-0.1, -0.05) is 18.2 Å². The zero-order valence-corrected chi connectivity index (χ0v) is 12.7. The first-order chi connectivity index (χ1) is 11.4. The first kappa shape index (κ1) is 16.9. The molecule has 130 valence electrons. The summed E-state index contributed by atoms with van der Waals surface area (Å²) in [6, 6.07) is 7.02. The lowest BCUT2D eigenvalue weighted by atomic mass is 9.98. The van der Waals surface area contributed by atoms with E-state index in [1.807, 2.05) is 0 Å². The SMILES string of the molecule is O=C(O)Cc1cn(C2OC(CO)C(O)C(O)C2O)c2ccccc12. The van der Waals surface area contributed by atoms with E-state index in [0.29, 0.717) is 16.5 Å². The summed E-state index contributed by atoms with van der Waals surface area (Å²) in [6.07, 6.45) is -5.12. The number of benzene rings is 1. The van der Waals surface area contributed by atoms with E-state index in [0.717, 1.165) is 0 Å². The number of rotatable bonds is 4. The van der Waals surface area contributed by atoms with Crippen LogP contribution in [-0.4, -0.2) is 67.1 Å². The van der Waals surface area contributed by atoms with Crippen LogP contribution in [0.15, 0.2) is 30.5 Å². The van der Waals surface area contributed by atoms with Crippen LogP contribution in [0, 0.1) is 0 Å². The van der Waals surface area contributed by atoms with E-state index in [-0.39, 0.29) is 6.42 Å². The Hall–Kier alpha value is -1.97. The number of aromatic nitrogens is 1. The Balaban J connectivity index is 2.06. The van der Waals surface area contributed by atoms with Crippen LogP contribution in [0.4, 0.5) is 0 Å². The van der Waals surface area contributed by atoms with Gasteiger partial charge in [-0.3, -0.25) is 4.79 Å². The Kier molecular flexibility index (Phi) is 4.57. The number of carboxylic acid groups (broad SMARTS) is 1. The molecule has 1 aromatic heterocycles. The molecule has 0 aliphatic carbocycles. The Bertz CT molecular complexity index is 741. The minimum atomic E-state index is -1.50. The molecule has 2 heterocycles. The highest BCUT2D eigenvalue weighted by molar-refractivity contribution is 5.87. The highest BCUT2D eigenvalue weighted by atomic mass is 16.6. The number of aliphatic hydroxyl groups excluding tert-OH is 4. The van der Waals surface area contributed by atoms with Crippen molar-refractivity contribution < 1.29 is 35.1 Å². The van der Waals surface area contributed by atoms with E-state index in [1.54, 1.807) is 30.5 Å². The van der Waals surface area contributed by atoms with Gasteiger partial charge in [0.15, 0.2) is 6.23 Å².